The summed E-state index contributed by atoms with van der Waals surface area (Å²) in [4.78, 5) is 15.6. The van der Waals surface area contributed by atoms with Crippen LogP contribution in [0.15, 0.2) is 30.6 Å². The molecule has 0 saturated heterocycles. The molecule has 0 saturated carbocycles. The number of benzene rings is 1. The summed E-state index contributed by atoms with van der Waals surface area (Å²) in [5.74, 6) is -0.925. The fourth-order valence-corrected chi connectivity index (χ4v) is 2.22. The van der Waals surface area contributed by atoms with Gasteiger partial charge in [-0.3, -0.25) is 4.98 Å². The Labute approximate surface area is 119 Å². The predicted octanol–water partition coefficient (Wildman–Crippen LogP) is 3.55. The molecule has 0 aliphatic carbocycles. The van der Waals surface area contributed by atoms with Gasteiger partial charge in [-0.05, 0) is 23.8 Å². The number of methoxy groups -OCH3 is 1. The second kappa shape index (κ2) is 5.47. The van der Waals surface area contributed by atoms with Gasteiger partial charge < -0.3 is 9.84 Å². The summed E-state index contributed by atoms with van der Waals surface area (Å²) < 4.78 is 4.65. The lowest BCUT2D eigenvalue weighted by Crippen LogP contribution is -2.04. The Morgan fingerprint density at radius 1 is 1.21 bits per heavy atom. The number of aromatic hydroxyl groups is 1. The number of carbonyl (C=O) groups is 1. The van der Waals surface area contributed by atoms with E-state index in [9.17, 15) is 9.90 Å². The van der Waals surface area contributed by atoms with Crippen LogP contribution >= 0.6 is 23.2 Å². The number of nitrogens with zero attached hydrogens (tertiary/aromatic N) is 1. The number of halogens is 2. The van der Waals surface area contributed by atoms with Crippen molar-refractivity contribution in [2.24, 2.45) is 0 Å². The number of ether oxygens (including phenoxy) is 1. The quantitative estimate of drug-likeness (QED) is 0.861. The molecular formula is C13H9Cl2NO3. The second-order valence-corrected chi connectivity index (χ2v) is 4.60. The van der Waals surface area contributed by atoms with Crippen LogP contribution in [0.25, 0.3) is 11.1 Å². The minimum Gasteiger partial charge on any atom is -0.505 e. The number of aromatic nitrogens is 1. The first kappa shape index (κ1) is 13.6. The van der Waals surface area contributed by atoms with E-state index in [1.165, 1.54) is 19.5 Å². The molecule has 19 heavy (non-hydrogen) atoms. The average Bonchev–Trinajstić information content (AvgIpc) is 2.36. The van der Waals surface area contributed by atoms with Crippen LogP contribution in [-0.4, -0.2) is 23.2 Å². The zero-order valence-electron chi connectivity index (χ0n) is 9.85. The van der Waals surface area contributed by atoms with E-state index in [0.29, 0.717) is 21.2 Å². The Morgan fingerprint density at radius 2 is 1.84 bits per heavy atom. The predicted molar refractivity (Wildman–Crippen MR) is 72.7 cm³/mol. The molecule has 0 radical (unpaired) electrons. The van der Waals surface area contributed by atoms with Gasteiger partial charge in [0.25, 0.3) is 0 Å². The van der Waals surface area contributed by atoms with Crippen LogP contribution in [0.2, 0.25) is 10.0 Å². The fourth-order valence-electron chi connectivity index (χ4n) is 1.69. The van der Waals surface area contributed by atoms with Gasteiger partial charge >= 0.3 is 5.97 Å². The summed E-state index contributed by atoms with van der Waals surface area (Å²) in [6.45, 7) is 0. The molecule has 2 aromatic rings. The van der Waals surface area contributed by atoms with Gasteiger partial charge in [0.15, 0.2) is 0 Å². The number of rotatable bonds is 2. The summed E-state index contributed by atoms with van der Waals surface area (Å²) in [7, 11) is 1.23. The van der Waals surface area contributed by atoms with Crippen molar-refractivity contribution in [3.05, 3.63) is 46.2 Å². The highest BCUT2D eigenvalue weighted by molar-refractivity contribution is 6.35. The number of hydrogen-bond acceptors (Lipinski definition) is 4. The van der Waals surface area contributed by atoms with Gasteiger partial charge in [0.2, 0.25) is 0 Å². The van der Waals surface area contributed by atoms with Crippen LogP contribution in [0.5, 0.6) is 5.75 Å². The third-order valence-electron chi connectivity index (χ3n) is 2.49. The first-order valence-electron chi connectivity index (χ1n) is 5.24. The SMILES string of the molecule is COC(=O)c1c(O)cncc1-c1cc(Cl)cc(Cl)c1. The van der Waals surface area contributed by atoms with E-state index >= 15 is 0 Å². The molecule has 1 heterocycles. The minimum atomic E-state index is -0.661. The Morgan fingerprint density at radius 3 is 2.42 bits per heavy atom. The normalized spacial score (nSPS) is 10.3. The topological polar surface area (TPSA) is 59.4 Å². The molecule has 98 valence electrons. The molecule has 1 aromatic heterocycles. The Balaban J connectivity index is 2.68. The number of pyridine rings is 1. The van der Waals surface area contributed by atoms with Gasteiger partial charge in [0.1, 0.15) is 11.3 Å². The summed E-state index contributed by atoms with van der Waals surface area (Å²) >= 11 is 11.8. The Kier molecular flexibility index (Phi) is 3.93. The van der Waals surface area contributed by atoms with Crippen molar-refractivity contribution >= 4 is 29.2 Å². The molecule has 2 rings (SSSR count). The van der Waals surface area contributed by atoms with E-state index in [0.717, 1.165) is 0 Å². The third kappa shape index (κ3) is 2.80. The standard InChI is InChI=1S/C13H9Cl2NO3/c1-19-13(18)12-10(5-16-6-11(12)17)7-2-8(14)4-9(15)3-7/h2-6,17H,1H3. The summed E-state index contributed by atoms with van der Waals surface area (Å²) in [6, 6.07) is 4.81. The maximum atomic E-state index is 11.7. The molecule has 1 aromatic carbocycles. The molecule has 0 aliphatic heterocycles. The number of carbonyl (C=O) groups excluding carboxylic acids is 1. The average molecular weight is 298 g/mol. The van der Waals surface area contributed by atoms with Crippen molar-refractivity contribution in [3.8, 4) is 16.9 Å². The molecule has 4 nitrogen and oxygen atoms in total. The van der Waals surface area contributed by atoms with Gasteiger partial charge in [-0.15, -0.1) is 0 Å². The van der Waals surface area contributed by atoms with Gasteiger partial charge in [0.05, 0.1) is 13.3 Å². The first-order valence-corrected chi connectivity index (χ1v) is 6.00. The Bertz CT molecular complexity index is 624. The van der Waals surface area contributed by atoms with Crippen molar-refractivity contribution in [2.75, 3.05) is 7.11 Å². The van der Waals surface area contributed by atoms with E-state index in [1.54, 1.807) is 18.2 Å². The van der Waals surface area contributed by atoms with E-state index in [-0.39, 0.29) is 11.3 Å². The second-order valence-electron chi connectivity index (χ2n) is 3.73. The van der Waals surface area contributed by atoms with Crippen LogP contribution in [-0.2, 0) is 4.74 Å². The van der Waals surface area contributed by atoms with Gasteiger partial charge in [-0.25, -0.2) is 4.79 Å². The summed E-state index contributed by atoms with van der Waals surface area (Å²) in [5, 5.41) is 10.6. The Hall–Kier alpha value is -1.78. The van der Waals surface area contributed by atoms with Crippen molar-refractivity contribution in [1.82, 2.24) is 4.98 Å². The smallest absolute Gasteiger partial charge is 0.342 e. The molecule has 0 spiro atoms. The molecule has 1 N–H and O–H groups in total. The monoisotopic (exact) mass is 297 g/mol. The molecule has 0 bridgehead atoms. The lowest BCUT2D eigenvalue weighted by Gasteiger charge is -2.10. The maximum Gasteiger partial charge on any atom is 0.342 e. The van der Waals surface area contributed by atoms with Crippen LogP contribution < -0.4 is 0 Å². The number of esters is 1. The van der Waals surface area contributed by atoms with E-state index in [4.69, 9.17) is 23.2 Å². The molecular weight excluding hydrogens is 289 g/mol. The fraction of sp³-hybridized carbons (Fsp3) is 0.0769. The van der Waals surface area contributed by atoms with Crippen LogP contribution in [0.3, 0.4) is 0 Å². The molecule has 0 unspecified atom stereocenters. The highest BCUT2D eigenvalue weighted by atomic mass is 35.5. The summed E-state index contributed by atoms with van der Waals surface area (Å²) in [6.07, 6.45) is 2.61. The zero-order valence-corrected chi connectivity index (χ0v) is 11.4. The molecule has 0 fully saturated rings. The highest BCUT2D eigenvalue weighted by Gasteiger charge is 2.19. The molecule has 0 amide bonds. The minimum absolute atomic E-state index is 0.0239. The van der Waals surface area contributed by atoms with E-state index in [2.05, 4.69) is 9.72 Å². The van der Waals surface area contributed by atoms with Crippen molar-refractivity contribution in [1.29, 1.82) is 0 Å². The van der Waals surface area contributed by atoms with Gasteiger partial charge in [-0.2, -0.15) is 0 Å². The van der Waals surface area contributed by atoms with Crippen LogP contribution in [0.1, 0.15) is 10.4 Å². The lowest BCUT2D eigenvalue weighted by molar-refractivity contribution is 0.0598. The lowest BCUT2D eigenvalue weighted by atomic mass is 10.0. The number of hydrogen-bond donors (Lipinski definition) is 1. The van der Waals surface area contributed by atoms with E-state index < -0.39 is 5.97 Å². The zero-order chi connectivity index (χ0) is 14.0. The van der Waals surface area contributed by atoms with Gasteiger partial charge in [0, 0.05) is 21.8 Å². The van der Waals surface area contributed by atoms with Crippen LogP contribution in [0, 0.1) is 0 Å². The van der Waals surface area contributed by atoms with Gasteiger partial charge in [-0.1, -0.05) is 23.2 Å². The summed E-state index contributed by atoms with van der Waals surface area (Å²) in [5.41, 5.74) is 0.994. The largest absolute Gasteiger partial charge is 0.505 e. The third-order valence-corrected chi connectivity index (χ3v) is 2.93. The molecule has 0 atom stereocenters. The maximum absolute atomic E-state index is 11.7. The van der Waals surface area contributed by atoms with Crippen LogP contribution in [0.4, 0.5) is 0 Å². The van der Waals surface area contributed by atoms with Crippen molar-refractivity contribution in [2.45, 2.75) is 0 Å². The first-order chi connectivity index (χ1) is 9.02. The highest BCUT2D eigenvalue weighted by Crippen LogP contribution is 2.32. The molecule has 0 aliphatic rings. The molecule has 6 heteroatoms. The van der Waals surface area contributed by atoms with Crippen molar-refractivity contribution < 1.29 is 14.6 Å². The van der Waals surface area contributed by atoms with E-state index in [1.807, 2.05) is 0 Å². The van der Waals surface area contributed by atoms with Crippen molar-refractivity contribution in [3.63, 3.8) is 0 Å².